The topological polar surface area (TPSA) is 46.1 Å². The third-order valence-electron chi connectivity index (χ3n) is 8.36. The molecule has 0 amide bonds. The lowest BCUT2D eigenvalue weighted by atomic mass is 10.0. The molecule has 0 rings (SSSR count). The first-order valence-electron chi connectivity index (χ1n) is 19.4. The largest absolute Gasteiger partial charge is 0.867 e. The van der Waals surface area contributed by atoms with Crippen molar-refractivity contribution in [2.24, 2.45) is 0 Å². The monoisotopic (exact) mass is 631 g/mol. The van der Waals surface area contributed by atoms with Crippen molar-refractivity contribution in [1.29, 1.82) is 0 Å². The zero-order chi connectivity index (χ0) is 33.8. The Kier molecular flexibility index (Phi) is 40.9. The predicted molar refractivity (Wildman–Crippen MR) is 193 cm³/mol. The summed E-state index contributed by atoms with van der Waals surface area (Å²) in [4.78, 5) is 0. The summed E-state index contributed by atoms with van der Waals surface area (Å²) in [5, 5.41) is 16.6. The Balaban J connectivity index is -0.000000680. The van der Waals surface area contributed by atoms with Crippen molar-refractivity contribution in [3.05, 3.63) is 0 Å². The van der Waals surface area contributed by atoms with Crippen LogP contribution in [-0.4, -0.2) is 71.7 Å². The molecule has 44 heavy (non-hydrogen) atoms. The van der Waals surface area contributed by atoms with E-state index in [1.54, 1.807) is 0 Å². The van der Waals surface area contributed by atoms with Crippen LogP contribution in [0, 0.1) is 0 Å². The maximum absolute atomic E-state index is 9.89. The fourth-order valence-corrected chi connectivity index (χ4v) is 5.56. The highest BCUT2D eigenvalue weighted by Crippen LogP contribution is 2.14. The van der Waals surface area contributed by atoms with Crippen molar-refractivity contribution in [2.45, 2.75) is 194 Å². The lowest BCUT2D eigenvalue weighted by Gasteiger charge is -2.23. The molecule has 0 aromatic carbocycles. The number of quaternary nitrogens is 2. The summed E-state index contributed by atoms with van der Waals surface area (Å²) < 4.78 is 12.1. The second-order valence-corrected chi connectivity index (χ2v) is 15.5. The minimum Gasteiger partial charge on any atom is -0.867 e. The molecule has 0 heterocycles. The molecule has 0 aliphatic heterocycles. The minimum absolute atomic E-state index is 1.12. The Hall–Kier alpha value is -0.165. The summed E-state index contributed by atoms with van der Waals surface area (Å²) in [6, 6.07) is 0. The van der Waals surface area contributed by atoms with Gasteiger partial charge in [-0.15, -0.1) is 0 Å². The second kappa shape index (κ2) is 37.3. The Bertz CT molecular complexity index is 465. The highest BCUT2D eigenvalue weighted by Gasteiger charge is 2.06. The first-order chi connectivity index (χ1) is 20.9. The first-order valence-corrected chi connectivity index (χ1v) is 19.4. The normalized spacial score (nSPS) is 11.5. The Morgan fingerprint density at radius 3 is 0.614 bits per heavy atom. The molecule has 6 heteroatoms. The van der Waals surface area contributed by atoms with E-state index in [9.17, 15) is 4.32 Å². The van der Waals surface area contributed by atoms with Crippen molar-refractivity contribution in [2.75, 3.05) is 55.4 Å². The van der Waals surface area contributed by atoms with Gasteiger partial charge in [0.1, 0.15) is 7.40 Å². The van der Waals surface area contributed by atoms with Crippen LogP contribution >= 0.6 is 0 Å². The molecule has 0 saturated heterocycles. The van der Waals surface area contributed by atoms with Crippen LogP contribution in [-0.2, 0) is 0 Å². The van der Waals surface area contributed by atoms with E-state index in [1.165, 1.54) is 193 Å². The van der Waals surface area contributed by atoms with Crippen LogP contribution in [0.5, 0.6) is 0 Å². The number of halogens is 1. The molecule has 0 N–H and O–H groups in total. The van der Waals surface area contributed by atoms with E-state index in [0.29, 0.717) is 0 Å². The molecule has 0 bridgehead atoms. The first kappa shape index (κ1) is 48.2. The van der Waals surface area contributed by atoms with Gasteiger partial charge in [0.15, 0.2) is 0 Å². The second-order valence-electron chi connectivity index (χ2n) is 15.5. The van der Waals surface area contributed by atoms with Gasteiger partial charge in [0.2, 0.25) is 0 Å². The molecular formula is C38H84BFN2O2. The molecule has 0 unspecified atom stereocenters. The molecule has 0 radical (unpaired) electrons. The van der Waals surface area contributed by atoms with Crippen LogP contribution in [0.3, 0.4) is 0 Å². The van der Waals surface area contributed by atoms with E-state index in [4.69, 9.17) is 10.0 Å². The van der Waals surface area contributed by atoms with Gasteiger partial charge < -0.3 is 23.3 Å². The standard InChI is InChI=1S/2C19H42N.BFO2/c2*1-5-6-7-8-9-10-11-12-13-14-15-16-17-18-19-20(2,3)4;2-1(3)4/h2*5-19H2,1-4H3;/q2*+1;-2. The van der Waals surface area contributed by atoms with Crippen molar-refractivity contribution < 1.29 is 23.3 Å². The Morgan fingerprint density at radius 1 is 0.341 bits per heavy atom. The Labute approximate surface area is 279 Å². The van der Waals surface area contributed by atoms with Crippen molar-refractivity contribution in [3.8, 4) is 0 Å². The summed E-state index contributed by atoms with van der Waals surface area (Å²) in [5.74, 6) is 0. The summed E-state index contributed by atoms with van der Waals surface area (Å²) >= 11 is 0. The third-order valence-corrected chi connectivity index (χ3v) is 8.36. The lowest BCUT2D eigenvalue weighted by Crippen LogP contribution is -2.39. The summed E-state index contributed by atoms with van der Waals surface area (Å²) in [6.07, 6.45) is 40.7. The fourth-order valence-electron chi connectivity index (χ4n) is 5.56. The van der Waals surface area contributed by atoms with E-state index in [2.05, 4.69) is 56.1 Å². The van der Waals surface area contributed by atoms with Gasteiger partial charge >= 0.3 is 0 Å². The van der Waals surface area contributed by atoms with Crippen molar-refractivity contribution >= 4 is 7.40 Å². The third kappa shape index (κ3) is 60.9. The van der Waals surface area contributed by atoms with Gasteiger partial charge in [-0.05, 0) is 25.7 Å². The van der Waals surface area contributed by atoms with E-state index >= 15 is 0 Å². The molecule has 0 aliphatic rings. The van der Waals surface area contributed by atoms with Gasteiger partial charge in [0.25, 0.3) is 0 Å². The smallest absolute Gasteiger partial charge is 0.121 e. The zero-order valence-electron chi connectivity index (χ0n) is 31.9. The summed E-state index contributed by atoms with van der Waals surface area (Å²) in [6.45, 7) is 7.25. The van der Waals surface area contributed by atoms with Crippen molar-refractivity contribution in [1.82, 2.24) is 0 Å². The summed E-state index contributed by atoms with van der Waals surface area (Å²) in [5.41, 5.74) is 0. The fraction of sp³-hybridized carbons (Fsp3) is 1.00. The van der Waals surface area contributed by atoms with Crippen LogP contribution in [0.25, 0.3) is 0 Å². The molecule has 0 fully saturated rings. The Morgan fingerprint density at radius 2 is 0.477 bits per heavy atom. The number of hydrogen-bond donors (Lipinski definition) is 0. The molecule has 0 saturated carbocycles. The minimum atomic E-state index is -3.17. The van der Waals surface area contributed by atoms with E-state index in [0.717, 1.165) is 8.97 Å². The van der Waals surface area contributed by atoms with Crippen LogP contribution in [0.1, 0.15) is 194 Å². The molecule has 0 atom stereocenters. The van der Waals surface area contributed by atoms with Crippen LogP contribution < -0.4 is 10.0 Å². The average molecular weight is 631 g/mol. The van der Waals surface area contributed by atoms with Crippen LogP contribution in [0.4, 0.5) is 4.32 Å². The summed E-state index contributed by atoms with van der Waals surface area (Å²) in [7, 11) is 10.6. The van der Waals surface area contributed by atoms with Gasteiger partial charge in [-0.2, -0.15) is 0 Å². The SMILES string of the molecule is CCCCCCCCCCCCCCCC[N+](C)(C)C.CCCCCCCCCCCCCCCC[N+](C)(C)C.[O-]B([O-])F. The quantitative estimate of drug-likeness (QED) is 0.0450. The number of hydrogen-bond acceptors (Lipinski definition) is 2. The molecule has 0 aliphatic carbocycles. The number of nitrogens with zero attached hydrogens (tertiary/aromatic N) is 2. The van der Waals surface area contributed by atoms with Gasteiger partial charge in [-0.25, -0.2) is 0 Å². The molecule has 4 nitrogen and oxygen atoms in total. The molecule has 0 aromatic heterocycles. The van der Waals surface area contributed by atoms with E-state index in [1.807, 2.05) is 0 Å². The van der Waals surface area contributed by atoms with E-state index < -0.39 is 7.40 Å². The van der Waals surface area contributed by atoms with E-state index in [-0.39, 0.29) is 0 Å². The van der Waals surface area contributed by atoms with Crippen LogP contribution in [0.2, 0.25) is 0 Å². The van der Waals surface area contributed by atoms with Crippen molar-refractivity contribution in [3.63, 3.8) is 0 Å². The van der Waals surface area contributed by atoms with Gasteiger partial charge in [0.05, 0.1) is 55.4 Å². The predicted octanol–water partition coefficient (Wildman–Crippen LogP) is 10.0. The van der Waals surface area contributed by atoms with Crippen LogP contribution in [0.15, 0.2) is 0 Å². The lowest BCUT2D eigenvalue weighted by molar-refractivity contribution is -0.870. The molecular weight excluding hydrogens is 546 g/mol. The number of unbranched alkanes of at least 4 members (excludes halogenated alkanes) is 26. The number of rotatable bonds is 30. The molecule has 268 valence electrons. The van der Waals surface area contributed by atoms with Gasteiger partial charge in [0, 0.05) is 0 Å². The maximum Gasteiger partial charge on any atom is 0.121 e. The maximum atomic E-state index is 9.89. The highest BCUT2D eigenvalue weighted by atomic mass is 19.1. The average Bonchev–Trinajstić information content (AvgIpc) is 2.92. The van der Waals surface area contributed by atoms with Gasteiger partial charge in [-0.3, -0.25) is 0 Å². The molecule has 0 spiro atoms. The van der Waals surface area contributed by atoms with Gasteiger partial charge in [-0.1, -0.05) is 168 Å². The highest BCUT2D eigenvalue weighted by molar-refractivity contribution is 6.27. The zero-order valence-corrected chi connectivity index (χ0v) is 31.9. The molecule has 0 aromatic rings.